The van der Waals surface area contributed by atoms with Crippen LogP contribution in [0.5, 0.6) is 5.75 Å². The van der Waals surface area contributed by atoms with Crippen LogP contribution >= 0.6 is 24.0 Å². The summed E-state index contributed by atoms with van der Waals surface area (Å²) in [4.78, 5) is 16.3. The third kappa shape index (κ3) is 9.92. The molecule has 0 radical (unpaired) electrons. The molecule has 170 valence electrons. The molecule has 1 unspecified atom stereocenters. The van der Waals surface area contributed by atoms with Crippen molar-refractivity contribution in [2.45, 2.75) is 19.6 Å². The Labute approximate surface area is 197 Å². The van der Waals surface area contributed by atoms with Gasteiger partial charge in [-0.2, -0.15) is 8.78 Å². The number of guanidine groups is 1. The summed E-state index contributed by atoms with van der Waals surface area (Å²) in [6, 6.07) is 14.7. The van der Waals surface area contributed by atoms with E-state index >= 15 is 0 Å². The minimum absolute atomic E-state index is 0. The molecule has 0 fully saturated rings. The van der Waals surface area contributed by atoms with Gasteiger partial charge < -0.3 is 25.8 Å². The first kappa shape index (κ1) is 26.6. The zero-order valence-corrected chi connectivity index (χ0v) is 19.4. The molecule has 7 nitrogen and oxygen atoms in total. The number of halogens is 3. The summed E-state index contributed by atoms with van der Waals surface area (Å²) in [5.74, 6) is 0.356. The van der Waals surface area contributed by atoms with Gasteiger partial charge in [0.25, 0.3) is 5.91 Å². The fourth-order valence-electron chi connectivity index (χ4n) is 2.54. The zero-order valence-electron chi connectivity index (χ0n) is 17.1. The molecule has 0 aliphatic heterocycles. The summed E-state index contributed by atoms with van der Waals surface area (Å²) in [6.45, 7) is 0.550. The molecule has 0 aliphatic carbocycles. The van der Waals surface area contributed by atoms with Gasteiger partial charge >= 0.3 is 6.61 Å². The largest absolute Gasteiger partial charge is 0.435 e. The molecule has 1 atom stereocenters. The second-order valence-corrected chi connectivity index (χ2v) is 6.23. The third-order valence-electron chi connectivity index (χ3n) is 4.00. The van der Waals surface area contributed by atoms with Gasteiger partial charge in [-0.1, -0.05) is 30.3 Å². The van der Waals surface area contributed by atoms with Crippen molar-refractivity contribution in [3.8, 4) is 5.75 Å². The van der Waals surface area contributed by atoms with Gasteiger partial charge in [0, 0.05) is 25.2 Å². The molecule has 0 saturated heterocycles. The molecule has 0 bridgehead atoms. The molecule has 0 spiro atoms. The molecule has 2 rings (SSSR count). The highest BCUT2D eigenvalue weighted by Gasteiger charge is 2.10. The van der Waals surface area contributed by atoms with Gasteiger partial charge in [0.05, 0.1) is 12.6 Å². The van der Waals surface area contributed by atoms with E-state index in [1.54, 1.807) is 24.3 Å². The van der Waals surface area contributed by atoms with Crippen LogP contribution in [0.15, 0.2) is 59.6 Å². The summed E-state index contributed by atoms with van der Waals surface area (Å²) in [6.07, 6.45) is -0.904. The number of carbonyl (C=O) groups is 1. The number of ether oxygens (including phenoxy) is 1. The number of amides is 1. The minimum atomic E-state index is -2.89. The van der Waals surface area contributed by atoms with Crippen molar-refractivity contribution in [2.75, 3.05) is 26.2 Å². The van der Waals surface area contributed by atoms with Crippen molar-refractivity contribution in [1.29, 1.82) is 0 Å². The van der Waals surface area contributed by atoms with Crippen LogP contribution in [0.3, 0.4) is 0 Å². The first-order valence-electron chi connectivity index (χ1n) is 9.58. The summed E-state index contributed by atoms with van der Waals surface area (Å²) >= 11 is 0. The van der Waals surface area contributed by atoms with Gasteiger partial charge in [0.2, 0.25) is 0 Å². The van der Waals surface area contributed by atoms with Crippen LogP contribution in [0, 0.1) is 0 Å². The topological polar surface area (TPSA) is 95.0 Å². The van der Waals surface area contributed by atoms with Gasteiger partial charge in [-0.3, -0.25) is 9.79 Å². The Kier molecular flexibility index (Phi) is 12.4. The fraction of sp³-hybridized carbons (Fsp3) is 0.333. The number of rotatable bonds is 10. The maximum absolute atomic E-state index is 12.2. The van der Waals surface area contributed by atoms with E-state index in [1.165, 1.54) is 24.3 Å². The molecular formula is C21H27F2IN4O3. The minimum Gasteiger partial charge on any atom is -0.435 e. The van der Waals surface area contributed by atoms with E-state index in [2.05, 4.69) is 25.7 Å². The highest BCUT2D eigenvalue weighted by atomic mass is 127. The number of carbonyl (C=O) groups excluding carboxylic acids is 1. The fourth-order valence-corrected chi connectivity index (χ4v) is 2.54. The van der Waals surface area contributed by atoms with E-state index in [9.17, 15) is 18.7 Å². The van der Waals surface area contributed by atoms with Crippen LogP contribution in [0.1, 0.15) is 28.9 Å². The van der Waals surface area contributed by atoms with Crippen LogP contribution in [0.2, 0.25) is 0 Å². The summed E-state index contributed by atoms with van der Waals surface area (Å²) in [5.41, 5.74) is 1.12. The number of aliphatic imine (C=N–C) groups is 1. The maximum Gasteiger partial charge on any atom is 0.387 e. The van der Waals surface area contributed by atoms with Gasteiger partial charge in [-0.05, 0) is 36.8 Å². The maximum atomic E-state index is 12.2. The summed E-state index contributed by atoms with van der Waals surface area (Å²) < 4.78 is 28.7. The van der Waals surface area contributed by atoms with E-state index < -0.39 is 12.7 Å². The molecule has 0 aliphatic rings. The van der Waals surface area contributed by atoms with Crippen LogP contribution in [-0.2, 0) is 0 Å². The Morgan fingerprint density at radius 2 is 1.68 bits per heavy atom. The summed E-state index contributed by atoms with van der Waals surface area (Å²) in [5, 5.41) is 19.2. The molecule has 0 aromatic heterocycles. The smallest absolute Gasteiger partial charge is 0.387 e. The Hall–Kier alpha value is -2.47. The number of aliphatic hydroxyl groups is 1. The van der Waals surface area contributed by atoms with Crippen molar-refractivity contribution >= 4 is 35.8 Å². The Morgan fingerprint density at radius 1 is 1.03 bits per heavy atom. The van der Waals surface area contributed by atoms with Gasteiger partial charge in [0.1, 0.15) is 5.75 Å². The Balaban J connectivity index is 0.00000480. The van der Waals surface area contributed by atoms with E-state index in [-0.39, 0.29) is 42.2 Å². The van der Waals surface area contributed by atoms with Crippen molar-refractivity contribution in [2.24, 2.45) is 4.99 Å². The van der Waals surface area contributed by atoms with Crippen LogP contribution in [0.25, 0.3) is 0 Å². The number of nitrogens with one attached hydrogen (secondary N) is 3. The van der Waals surface area contributed by atoms with Crippen LogP contribution in [-0.4, -0.2) is 49.8 Å². The monoisotopic (exact) mass is 548 g/mol. The predicted molar refractivity (Wildman–Crippen MR) is 126 cm³/mol. The average Bonchev–Trinajstić information content (AvgIpc) is 2.75. The molecule has 0 saturated carbocycles. The number of hydrogen-bond acceptors (Lipinski definition) is 4. The molecule has 4 N–H and O–H groups in total. The normalized spacial score (nSPS) is 12.0. The lowest BCUT2D eigenvalue weighted by atomic mass is 10.1. The number of alkyl halides is 2. The lowest BCUT2D eigenvalue weighted by Gasteiger charge is -2.14. The zero-order chi connectivity index (χ0) is 21.8. The predicted octanol–water partition coefficient (Wildman–Crippen LogP) is 2.92. The van der Waals surface area contributed by atoms with E-state index in [4.69, 9.17) is 0 Å². The number of nitrogens with zero attached hydrogens (tertiary/aromatic N) is 1. The number of hydrogen-bond donors (Lipinski definition) is 4. The Bertz CT molecular complexity index is 808. The molecule has 0 heterocycles. The summed E-state index contributed by atoms with van der Waals surface area (Å²) in [7, 11) is 0. The van der Waals surface area contributed by atoms with Crippen molar-refractivity contribution in [3.63, 3.8) is 0 Å². The Morgan fingerprint density at radius 3 is 2.29 bits per heavy atom. The molecule has 2 aromatic rings. The highest BCUT2D eigenvalue weighted by Crippen LogP contribution is 2.19. The first-order chi connectivity index (χ1) is 14.5. The number of benzene rings is 2. The van der Waals surface area contributed by atoms with E-state index in [1.807, 2.05) is 13.0 Å². The van der Waals surface area contributed by atoms with Crippen molar-refractivity contribution < 1.29 is 23.4 Å². The number of aliphatic hydroxyl groups excluding tert-OH is 1. The van der Waals surface area contributed by atoms with E-state index in [0.29, 0.717) is 36.7 Å². The molecule has 31 heavy (non-hydrogen) atoms. The quantitative estimate of drug-likeness (QED) is 0.159. The highest BCUT2D eigenvalue weighted by molar-refractivity contribution is 14.0. The van der Waals surface area contributed by atoms with Gasteiger partial charge in [0.15, 0.2) is 5.96 Å². The third-order valence-corrected chi connectivity index (χ3v) is 4.00. The van der Waals surface area contributed by atoms with Gasteiger partial charge in [-0.15, -0.1) is 24.0 Å². The second kappa shape index (κ2) is 14.5. The lowest BCUT2D eigenvalue weighted by molar-refractivity contribution is -0.0498. The molecular weight excluding hydrogens is 521 g/mol. The lowest BCUT2D eigenvalue weighted by Crippen LogP contribution is -2.41. The molecule has 2 aromatic carbocycles. The van der Waals surface area contributed by atoms with Crippen LogP contribution < -0.4 is 20.7 Å². The van der Waals surface area contributed by atoms with Crippen molar-refractivity contribution in [1.82, 2.24) is 16.0 Å². The SMILES string of the molecule is CCNC(=NCC(O)c1ccc(OC(F)F)cc1)NCCNC(=O)c1ccccc1.I. The average molecular weight is 548 g/mol. The molecule has 10 heteroatoms. The van der Waals surface area contributed by atoms with Crippen molar-refractivity contribution in [3.05, 3.63) is 65.7 Å². The van der Waals surface area contributed by atoms with E-state index in [0.717, 1.165) is 0 Å². The standard InChI is InChI=1S/C21H26F2N4O3.HI/c1-2-24-21(26-13-12-25-19(29)16-6-4-3-5-7-16)27-14-18(28)15-8-10-17(11-9-15)30-20(22)23;/h3-11,18,20,28H,2,12-14H2,1H3,(H,25,29)(H2,24,26,27);1H. The first-order valence-corrected chi connectivity index (χ1v) is 9.58. The second-order valence-electron chi connectivity index (χ2n) is 6.23. The van der Waals surface area contributed by atoms with Crippen LogP contribution in [0.4, 0.5) is 8.78 Å². The molecule has 1 amide bonds. The van der Waals surface area contributed by atoms with Gasteiger partial charge in [-0.25, -0.2) is 0 Å².